The van der Waals surface area contributed by atoms with Crippen molar-refractivity contribution in [2.75, 3.05) is 19.7 Å². The highest BCUT2D eigenvalue weighted by Crippen LogP contribution is 2.52. The van der Waals surface area contributed by atoms with Crippen molar-refractivity contribution in [2.24, 2.45) is 11.3 Å². The van der Waals surface area contributed by atoms with E-state index in [0.29, 0.717) is 18.4 Å². The van der Waals surface area contributed by atoms with Crippen LogP contribution in [0, 0.1) is 11.3 Å². The van der Waals surface area contributed by atoms with E-state index in [9.17, 15) is 4.79 Å². The number of carbonyl (C=O) groups is 1. The number of benzene rings is 1. The molecular weight excluding hydrogens is 354 g/mol. The van der Waals surface area contributed by atoms with E-state index in [0.717, 1.165) is 37.4 Å². The van der Waals surface area contributed by atoms with Crippen molar-refractivity contribution in [3.63, 3.8) is 0 Å². The summed E-state index contributed by atoms with van der Waals surface area (Å²) >= 11 is 0. The number of nitrogens with zero attached hydrogens (tertiary/aromatic N) is 3. The maximum Gasteiger partial charge on any atom is 0.260 e. The van der Waals surface area contributed by atoms with Gasteiger partial charge in [0, 0.05) is 25.4 Å². The first kappa shape index (κ1) is 19.0. The third kappa shape index (κ3) is 3.91. The molecule has 1 saturated carbocycles. The number of rotatable bonds is 6. The molecule has 1 atom stereocenters. The first-order chi connectivity index (χ1) is 13.6. The van der Waals surface area contributed by atoms with Gasteiger partial charge in [-0.05, 0) is 36.3 Å². The van der Waals surface area contributed by atoms with Gasteiger partial charge < -0.3 is 14.2 Å². The van der Waals surface area contributed by atoms with Crippen molar-refractivity contribution in [3.8, 4) is 5.75 Å². The van der Waals surface area contributed by atoms with Crippen LogP contribution in [0.25, 0.3) is 0 Å². The van der Waals surface area contributed by atoms with E-state index >= 15 is 0 Å². The zero-order valence-electron chi connectivity index (χ0n) is 16.8. The van der Waals surface area contributed by atoms with Gasteiger partial charge in [0.05, 0.1) is 0 Å². The number of aromatic nitrogens is 2. The Labute approximate surface area is 166 Å². The summed E-state index contributed by atoms with van der Waals surface area (Å²) in [7, 11) is 0. The minimum absolute atomic E-state index is 0.0310. The van der Waals surface area contributed by atoms with Gasteiger partial charge in [0.2, 0.25) is 5.89 Å². The zero-order chi connectivity index (χ0) is 19.6. The van der Waals surface area contributed by atoms with Gasteiger partial charge in [-0.2, -0.15) is 4.98 Å². The Hall–Kier alpha value is -2.37. The second-order valence-electron chi connectivity index (χ2n) is 8.64. The molecule has 1 saturated heterocycles. The van der Waals surface area contributed by atoms with Gasteiger partial charge >= 0.3 is 0 Å². The third-order valence-corrected chi connectivity index (χ3v) is 6.08. The highest BCUT2D eigenvalue weighted by atomic mass is 16.5. The lowest BCUT2D eigenvalue weighted by molar-refractivity contribution is -0.132. The van der Waals surface area contributed by atoms with Gasteiger partial charge in [0.25, 0.3) is 5.91 Å². The van der Waals surface area contributed by atoms with E-state index in [1.807, 2.05) is 35.2 Å². The summed E-state index contributed by atoms with van der Waals surface area (Å²) in [5.74, 6) is 2.86. The van der Waals surface area contributed by atoms with Crippen molar-refractivity contribution >= 4 is 5.91 Å². The second-order valence-corrected chi connectivity index (χ2v) is 8.64. The number of hydrogen-bond acceptors (Lipinski definition) is 5. The second kappa shape index (κ2) is 7.94. The van der Waals surface area contributed by atoms with Gasteiger partial charge in [-0.1, -0.05) is 50.0 Å². The number of ether oxygens (including phenoxy) is 1. The van der Waals surface area contributed by atoms with Gasteiger partial charge in [-0.15, -0.1) is 0 Å². The molecule has 1 spiro atoms. The fraction of sp³-hybridized carbons (Fsp3) is 0.591. The molecule has 28 heavy (non-hydrogen) atoms. The van der Waals surface area contributed by atoms with Crippen molar-refractivity contribution < 1.29 is 14.1 Å². The lowest BCUT2D eigenvalue weighted by Crippen LogP contribution is -2.34. The lowest BCUT2D eigenvalue weighted by atomic mass is 9.76. The van der Waals surface area contributed by atoms with E-state index in [1.54, 1.807) is 0 Å². The number of para-hydroxylation sites is 1. The minimum Gasteiger partial charge on any atom is -0.484 e. The van der Waals surface area contributed by atoms with Crippen LogP contribution in [0.4, 0.5) is 0 Å². The number of amides is 1. The molecule has 2 fully saturated rings. The van der Waals surface area contributed by atoms with Crippen molar-refractivity contribution in [1.29, 1.82) is 0 Å². The molecule has 2 heterocycles. The van der Waals surface area contributed by atoms with Crippen LogP contribution in [0.3, 0.4) is 0 Å². The normalized spacial score (nSPS) is 21.0. The Morgan fingerprint density at radius 1 is 1.29 bits per heavy atom. The monoisotopic (exact) mass is 383 g/mol. The predicted octanol–water partition coefficient (Wildman–Crippen LogP) is 3.83. The molecule has 6 nitrogen and oxygen atoms in total. The van der Waals surface area contributed by atoms with Crippen molar-refractivity contribution in [2.45, 2.75) is 51.9 Å². The summed E-state index contributed by atoms with van der Waals surface area (Å²) in [6.45, 7) is 5.77. The maximum absolute atomic E-state index is 12.8. The standard InChI is InChI=1S/C22H29N3O3/c1-16(2)12-19-23-21(24-28-19)18-13-25(15-22(18)10-6-7-11-22)20(26)14-27-17-8-4-3-5-9-17/h3-5,8-9,16,18H,6-7,10-15H2,1-2H3. The van der Waals surface area contributed by atoms with Crippen molar-refractivity contribution in [1.82, 2.24) is 15.0 Å². The molecule has 0 bridgehead atoms. The molecule has 1 aromatic heterocycles. The molecular formula is C22H29N3O3. The maximum atomic E-state index is 12.8. The predicted molar refractivity (Wildman–Crippen MR) is 105 cm³/mol. The largest absolute Gasteiger partial charge is 0.484 e. The van der Waals surface area contributed by atoms with Crippen LogP contribution in [0.5, 0.6) is 5.75 Å². The van der Waals surface area contributed by atoms with E-state index in [4.69, 9.17) is 14.2 Å². The van der Waals surface area contributed by atoms with Gasteiger partial charge in [-0.25, -0.2) is 0 Å². The van der Waals surface area contributed by atoms with Crippen LogP contribution >= 0.6 is 0 Å². The molecule has 1 aromatic carbocycles. The summed E-state index contributed by atoms with van der Waals surface area (Å²) in [5, 5.41) is 4.30. The van der Waals surface area contributed by atoms with Crippen LogP contribution in [-0.2, 0) is 11.2 Å². The number of hydrogen-bond donors (Lipinski definition) is 0. The average molecular weight is 383 g/mol. The lowest BCUT2D eigenvalue weighted by Gasteiger charge is -2.27. The molecule has 1 amide bonds. The number of likely N-dealkylation sites (tertiary alicyclic amines) is 1. The Kier molecular flexibility index (Phi) is 5.38. The summed E-state index contributed by atoms with van der Waals surface area (Å²) in [4.78, 5) is 19.5. The van der Waals surface area contributed by atoms with Gasteiger partial charge in [0.15, 0.2) is 12.4 Å². The zero-order valence-corrected chi connectivity index (χ0v) is 16.8. The summed E-state index contributed by atoms with van der Waals surface area (Å²) in [5.41, 5.74) is 0.0847. The molecule has 150 valence electrons. The van der Waals surface area contributed by atoms with E-state index in [2.05, 4.69) is 19.0 Å². The molecule has 4 rings (SSSR count). The molecule has 1 aliphatic heterocycles. The minimum atomic E-state index is 0.0310. The summed E-state index contributed by atoms with van der Waals surface area (Å²) in [6.07, 6.45) is 5.44. The first-order valence-corrected chi connectivity index (χ1v) is 10.3. The first-order valence-electron chi connectivity index (χ1n) is 10.3. The van der Waals surface area contributed by atoms with Gasteiger partial charge in [-0.3, -0.25) is 4.79 Å². The van der Waals surface area contributed by atoms with Crippen LogP contribution in [0.2, 0.25) is 0 Å². The Morgan fingerprint density at radius 3 is 2.75 bits per heavy atom. The topological polar surface area (TPSA) is 68.5 Å². The fourth-order valence-electron chi connectivity index (χ4n) is 4.69. The molecule has 6 heteroatoms. The summed E-state index contributed by atoms with van der Waals surface area (Å²) < 4.78 is 11.2. The number of carbonyl (C=O) groups excluding carboxylic acids is 1. The summed E-state index contributed by atoms with van der Waals surface area (Å²) in [6, 6.07) is 9.48. The highest BCUT2D eigenvalue weighted by Gasteiger charge is 2.51. The molecule has 0 N–H and O–H groups in total. The van der Waals surface area contributed by atoms with E-state index < -0.39 is 0 Å². The third-order valence-electron chi connectivity index (χ3n) is 6.08. The fourth-order valence-corrected chi connectivity index (χ4v) is 4.69. The van der Waals surface area contributed by atoms with Gasteiger partial charge in [0.1, 0.15) is 5.75 Å². The van der Waals surface area contributed by atoms with Crippen LogP contribution in [-0.4, -0.2) is 40.6 Å². The Bertz CT molecular complexity index is 796. The molecule has 1 unspecified atom stereocenters. The van der Waals surface area contributed by atoms with Crippen LogP contribution < -0.4 is 4.74 Å². The smallest absolute Gasteiger partial charge is 0.260 e. The average Bonchev–Trinajstić information content (AvgIpc) is 3.41. The SMILES string of the molecule is CC(C)Cc1nc(C2CN(C(=O)COc3ccccc3)CC23CCCC3)no1. The van der Waals surface area contributed by atoms with E-state index in [-0.39, 0.29) is 23.8 Å². The van der Waals surface area contributed by atoms with Crippen molar-refractivity contribution in [3.05, 3.63) is 42.0 Å². The molecule has 1 aliphatic carbocycles. The molecule has 2 aliphatic rings. The van der Waals surface area contributed by atoms with Crippen LogP contribution in [0.15, 0.2) is 34.9 Å². The Morgan fingerprint density at radius 2 is 2.04 bits per heavy atom. The molecule has 0 radical (unpaired) electrons. The highest BCUT2D eigenvalue weighted by molar-refractivity contribution is 5.78. The van der Waals surface area contributed by atoms with E-state index in [1.165, 1.54) is 12.8 Å². The molecule has 2 aromatic rings. The quantitative estimate of drug-likeness (QED) is 0.758. The Balaban J connectivity index is 1.46. The van der Waals surface area contributed by atoms with Crippen LogP contribution in [0.1, 0.15) is 57.2 Å².